The molecule has 2 aliphatic carbocycles. The number of nitrogens with one attached hydrogen (secondary N) is 3. The summed E-state index contributed by atoms with van der Waals surface area (Å²) < 4.78 is 84.9. The number of alkyl halides is 4. The van der Waals surface area contributed by atoms with Crippen LogP contribution in [0.5, 0.6) is 23.0 Å². The number of benzene rings is 5. The molecule has 8 N–H and O–H groups in total. The van der Waals surface area contributed by atoms with Crippen LogP contribution in [0.15, 0.2) is 140 Å². The number of nitrogens with zero attached hydrogens (tertiary/aromatic N) is 1. The van der Waals surface area contributed by atoms with Gasteiger partial charge in [-0.05, 0) is 109 Å². The van der Waals surface area contributed by atoms with Gasteiger partial charge in [0.05, 0.1) is 18.8 Å². The Kier molecular flexibility index (Phi) is 42.7. The number of anilines is 1. The number of hydrogen-bond donors (Lipinski definition) is 3. The summed E-state index contributed by atoms with van der Waals surface area (Å²) in [6.45, 7) is -4.31. The van der Waals surface area contributed by atoms with Gasteiger partial charge in [0.1, 0.15) is 44.9 Å². The van der Waals surface area contributed by atoms with Gasteiger partial charge in [0.25, 0.3) is 5.91 Å². The lowest BCUT2D eigenvalue weighted by atomic mass is 10.0. The van der Waals surface area contributed by atoms with Gasteiger partial charge >= 0.3 is 31.1 Å². The third-order valence-electron chi connectivity index (χ3n) is 14.4. The summed E-state index contributed by atoms with van der Waals surface area (Å²) in [5.41, 5.74) is 9.37. The number of carboxylic acid groups (broad SMARTS) is 1. The van der Waals surface area contributed by atoms with Crippen LogP contribution < -0.4 is 40.0 Å². The van der Waals surface area contributed by atoms with Gasteiger partial charge in [-0.3, -0.25) is 19.7 Å². The van der Waals surface area contributed by atoms with Crippen molar-refractivity contribution in [2.75, 3.05) is 43.5 Å². The van der Waals surface area contributed by atoms with Gasteiger partial charge in [-0.2, -0.15) is 71.5 Å². The predicted molar refractivity (Wildman–Crippen MR) is 399 cm³/mol. The first-order valence-corrected chi connectivity index (χ1v) is 32.8. The second kappa shape index (κ2) is 46.5. The molecule has 1 amide bonds. The number of amides is 1. The lowest BCUT2D eigenvalue weighted by Crippen LogP contribution is -2.40. The van der Waals surface area contributed by atoms with Crippen LogP contribution in [-0.2, 0) is 31.9 Å². The Morgan fingerprint density at radius 1 is 0.594 bits per heavy atom. The lowest BCUT2D eigenvalue weighted by molar-refractivity contribution is -0.378. The van der Waals surface area contributed by atoms with E-state index in [4.69, 9.17) is 76.2 Å². The molecule has 0 spiro atoms. The summed E-state index contributed by atoms with van der Waals surface area (Å²) in [6.07, 6.45) is 10.0. The molecule has 4 fully saturated rings. The smallest absolute Gasteiger partial charge is 0.387 e. The van der Waals surface area contributed by atoms with Crippen molar-refractivity contribution in [3.05, 3.63) is 205 Å². The fourth-order valence-corrected chi connectivity index (χ4v) is 12.2. The Hall–Kier alpha value is -6.23. The number of thioether (sulfide) groups is 2. The van der Waals surface area contributed by atoms with E-state index in [1.165, 1.54) is 89.3 Å². The van der Waals surface area contributed by atoms with E-state index in [0.29, 0.717) is 110 Å². The Morgan fingerprint density at radius 3 is 1.44 bits per heavy atom. The fourth-order valence-electron chi connectivity index (χ4n) is 9.17. The fraction of sp³-hybridized carbons (Fsp3) is 0.303. The molecule has 5 aromatic carbocycles. The van der Waals surface area contributed by atoms with E-state index in [0.717, 1.165) is 37.1 Å². The van der Waals surface area contributed by atoms with E-state index in [1.807, 2.05) is 30.3 Å². The van der Waals surface area contributed by atoms with Crippen molar-refractivity contribution in [1.29, 1.82) is 0 Å². The zero-order chi connectivity index (χ0) is 67.3. The van der Waals surface area contributed by atoms with E-state index in [-0.39, 0.29) is 124 Å². The molecule has 552 valence electrons. The number of esters is 2. The molecule has 2 saturated heterocycles. The number of carbonyl (C=O) groups is 6. The van der Waals surface area contributed by atoms with Crippen LogP contribution in [0.25, 0.3) is 0 Å². The van der Waals surface area contributed by atoms with Crippen LogP contribution in [0.3, 0.4) is 0 Å². The highest BCUT2D eigenvalue weighted by Crippen LogP contribution is 2.41. The molecule has 11 rings (SSSR count). The van der Waals surface area contributed by atoms with Crippen molar-refractivity contribution < 1.29 is 101 Å². The Bertz CT molecular complexity index is 3740. The van der Waals surface area contributed by atoms with Gasteiger partial charge in [0.2, 0.25) is 0 Å². The first-order valence-electron chi connectivity index (χ1n) is 29.2. The van der Waals surface area contributed by atoms with Crippen molar-refractivity contribution in [2.45, 2.75) is 74.7 Å². The number of rotatable bonds is 24. The minimum atomic E-state index is -3.06. The van der Waals surface area contributed by atoms with Crippen molar-refractivity contribution in [1.82, 2.24) is 10.2 Å². The Balaban J connectivity index is 0.000000776. The van der Waals surface area contributed by atoms with Crippen molar-refractivity contribution in [2.24, 2.45) is 11.8 Å². The molecule has 20 nitrogen and oxygen atoms in total. The minimum Gasteiger partial charge on any atom is -0.870 e. The number of aldehydes is 2. The number of hydrogen-bond acceptors (Lipinski definition) is 18. The van der Waals surface area contributed by atoms with Crippen LogP contribution in [0.2, 0.25) is 20.1 Å². The third-order valence-corrected chi connectivity index (χ3v) is 18.0. The van der Waals surface area contributed by atoms with Crippen molar-refractivity contribution in [3.8, 4) is 23.0 Å². The molecule has 35 heteroatoms. The summed E-state index contributed by atoms with van der Waals surface area (Å²) in [4.78, 5) is 78.6. The van der Waals surface area contributed by atoms with E-state index in [1.54, 1.807) is 48.8 Å². The van der Waals surface area contributed by atoms with Gasteiger partial charge < -0.3 is 55.1 Å². The highest BCUT2D eigenvalue weighted by Gasteiger charge is 2.39. The number of ether oxygens (including phenoxy) is 6. The van der Waals surface area contributed by atoms with Gasteiger partial charge in [-0.15, -0.1) is 35.9 Å². The van der Waals surface area contributed by atoms with E-state index in [9.17, 15) is 46.3 Å². The van der Waals surface area contributed by atoms with Gasteiger partial charge in [-0.1, -0.05) is 101 Å². The molecule has 2 aromatic heterocycles. The van der Waals surface area contributed by atoms with Crippen molar-refractivity contribution >= 4 is 178 Å². The number of pyridine rings is 2. The summed E-state index contributed by atoms with van der Waals surface area (Å²) in [7, 11) is 0. The number of aromatic nitrogens is 2. The van der Waals surface area contributed by atoms with E-state index in [2.05, 4.69) is 24.8 Å². The monoisotopic (exact) mass is 1620 g/mol. The molecular formula is C66H74Cl5F4N5O15S6. The van der Waals surface area contributed by atoms with Crippen molar-refractivity contribution in [3.63, 3.8) is 0 Å². The van der Waals surface area contributed by atoms with E-state index >= 15 is 0 Å². The third kappa shape index (κ3) is 29.1. The quantitative estimate of drug-likeness (QED) is 0.0219. The number of aromatic carboxylic acids is 1. The molecule has 0 bridgehead atoms. The number of carbonyl (C=O) groups excluding carboxylic acids is 5. The molecule has 101 heavy (non-hydrogen) atoms. The number of H-pyrrole nitrogens is 2. The van der Waals surface area contributed by atoms with Crippen LogP contribution in [0.1, 0.15) is 102 Å². The summed E-state index contributed by atoms with van der Waals surface area (Å²) in [5.74, 6) is -0.456. The highest BCUT2D eigenvalue weighted by atomic mass is 35.5. The topological polar surface area (TPSA) is 308 Å². The minimum absolute atomic E-state index is 0. The molecular weight excluding hydrogens is 1550 g/mol. The van der Waals surface area contributed by atoms with Gasteiger partial charge in [0.15, 0.2) is 58.5 Å². The Labute approximate surface area is 642 Å². The molecule has 0 unspecified atom stereocenters. The number of para-hydroxylation sites is 1. The number of carboxylic acids is 1. The summed E-state index contributed by atoms with van der Waals surface area (Å²) >= 11 is 28.2. The highest BCUT2D eigenvalue weighted by molar-refractivity contribution is 8.01. The predicted octanol–water partition coefficient (Wildman–Crippen LogP) is 13.7. The van der Waals surface area contributed by atoms with Crippen LogP contribution >= 0.6 is 136 Å². The molecule has 2 saturated carbocycles. The lowest BCUT2D eigenvalue weighted by Gasteiger charge is -2.26. The second-order valence-corrected chi connectivity index (χ2v) is 25.4. The zero-order valence-corrected chi connectivity index (χ0v) is 62.5. The molecule has 2 aliphatic heterocycles. The average Bonchev–Trinajstić information content (AvgIpc) is 1.77. The SMILES string of the molecule is Cl.Nc1ccccc1.O=C(O[C@@H](Cc1c(Cl)c[nH+]cc1Cl)c1ccc(OC(F)F)c(OCC2CC2)c1)[C@H]1NCCS1.O=Cc1cccc(C(=O)N2CCS[C@H]2C(=O)O[C@@H](Cc2c(Cl)c[nH+]cc2Cl)c2ccc(OC(F)F)c(OCC3CC3)c2)c1.O=Cc1cccc(C(=O)O)c1.S.S.S.S.[OH-].[OH-]. The van der Waals surface area contributed by atoms with Crippen LogP contribution in [-0.4, -0.2) is 119 Å². The summed E-state index contributed by atoms with van der Waals surface area (Å²) in [6, 6.07) is 30.5. The van der Waals surface area contributed by atoms with Gasteiger partial charge in [-0.25, -0.2) is 24.4 Å². The molecule has 7 aromatic rings. The molecule has 4 heterocycles. The molecule has 0 radical (unpaired) electrons. The second-order valence-electron chi connectivity index (χ2n) is 21.3. The van der Waals surface area contributed by atoms with Gasteiger partial charge in [0, 0.05) is 70.9 Å². The Morgan fingerprint density at radius 2 is 1.04 bits per heavy atom. The molecule has 4 atom stereocenters. The number of aromatic amines is 2. The maximum Gasteiger partial charge on any atom is 0.387 e. The standard InChI is InChI=1S/C30H26Cl2F2N2O6S.C22H22Cl2F2N2O4S.C8H6O3.C6H7N.ClH.2H2O.4H2S/c31-22-13-35-14-23(32)21(22)12-25(19-6-7-24(42-30(33)34)26(11-19)40-16-17-4-5-17)41-29(39)28-36(8-9-43-28)27(38)20-3-1-2-18(10-20)15-37;23-15-9-27-10-16(24)14(15)8-18(31-21(29)20-28-5-6-33-20)13-3-4-17(32-22(25)26)19(7-13)30-11-12-1-2-12;9-5-6-2-1-3-7(4-6)8(10)11;7-6-4-2-1-3-5-6;;;;;;;/h1-3,6-7,10-11,13-15,17,25,28,30H,4-5,8-9,12,16H2;3-4,7,9-10,12,18,20,22,28H,1-2,5-6,8,11H2;1-5H,(H,10,11);1-5H,7H2;1H;6*1H2/t25-,28-;18-,20-;;;;;;;;;/m00........./s1. The zero-order valence-electron chi connectivity index (χ0n) is 53.1. The summed E-state index contributed by atoms with van der Waals surface area (Å²) in [5, 5.41) is 11.5. The number of nitrogen functional groups attached to an aromatic ring is 1. The maximum atomic E-state index is 13.7. The van der Waals surface area contributed by atoms with Crippen LogP contribution in [0, 0.1) is 11.8 Å². The largest absolute Gasteiger partial charge is 0.870 e. The number of nitrogens with two attached hydrogens (primary N) is 1. The van der Waals surface area contributed by atoms with E-state index < -0.39 is 60.0 Å². The van der Waals surface area contributed by atoms with Crippen LogP contribution in [0.4, 0.5) is 23.2 Å². The normalized spacial score (nSPS) is 15.0. The number of halogens is 9. The first-order chi connectivity index (χ1) is 45.3. The first kappa shape index (κ1) is 92.8. The average molecular weight is 1620 g/mol. The maximum absolute atomic E-state index is 13.7. The molecule has 4 aliphatic rings.